The van der Waals surface area contributed by atoms with Gasteiger partial charge in [0.05, 0.1) is 24.3 Å². The molecule has 2 aromatic rings. The van der Waals surface area contributed by atoms with Crippen molar-refractivity contribution in [1.29, 1.82) is 0 Å². The number of hydrogen-bond acceptors (Lipinski definition) is 5. The molecule has 0 amide bonds. The number of anilines is 1. The van der Waals surface area contributed by atoms with Crippen molar-refractivity contribution in [3.05, 3.63) is 47.5 Å². The highest BCUT2D eigenvalue weighted by molar-refractivity contribution is 7.92. The molecular weight excluding hydrogens is 334 g/mol. The highest BCUT2D eigenvalue weighted by Crippen LogP contribution is 2.33. The van der Waals surface area contributed by atoms with Crippen molar-refractivity contribution in [2.45, 2.75) is 11.3 Å². The summed E-state index contributed by atoms with van der Waals surface area (Å²) in [5, 5.41) is 9.19. The van der Waals surface area contributed by atoms with Gasteiger partial charge < -0.3 is 14.6 Å². The van der Waals surface area contributed by atoms with Crippen LogP contribution >= 0.6 is 0 Å². The van der Waals surface area contributed by atoms with Gasteiger partial charge in [-0.3, -0.25) is 4.72 Å². The van der Waals surface area contributed by atoms with Gasteiger partial charge in [0.2, 0.25) is 0 Å². The Morgan fingerprint density at radius 3 is 2.79 bits per heavy atom. The van der Waals surface area contributed by atoms with E-state index in [0.29, 0.717) is 24.5 Å². The Morgan fingerprint density at radius 1 is 1.29 bits per heavy atom. The summed E-state index contributed by atoms with van der Waals surface area (Å²) in [4.78, 5) is 11.1. The van der Waals surface area contributed by atoms with E-state index in [4.69, 9.17) is 9.47 Å². The Labute approximate surface area is 138 Å². The third-order valence-electron chi connectivity index (χ3n) is 3.70. The van der Waals surface area contributed by atoms with Crippen molar-refractivity contribution in [2.75, 3.05) is 18.4 Å². The average Bonchev–Trinajstić information content (AvgIpc) is 3.03. The van der Waals surface area contributed by atoms with Crippen molar-refractivity contribution in [3.8, 4) is 11.5 Å². The van der Waals surface area contributed by atoms with E-state index in [1.54, 1.807) is 18.2 Å². The van der Waals surface area contributed by atoms with E-state index in [1.165, 1.54) is 19.2 Å². The Balaban J connectivity index is 1.99. The van der Waals surface area contributed by atoms with Crippen LogP contribution in [-0.4, -0.2) is 33.2 Å². The van der Waals surface area contributed by atoms with E-state index in [9.17, 15) is 18.3 Å². The van der Waals surface area contributed by atoms with Crippen molar-refractivity contribution in [3.63, 3.8) is 0 Å². The zero-order valence-electron chi connectivity index (χ0n) is 12.8. The molecule has 1 heterocycles. The van der Waals surface area contributed by atoms with Gasteiger partial charge in [-0.2, -0.15) is 0 Å². The number of fused-ring (bicyclic) bond motifs is 1. The fraction of sp³-hybridized carbons (Fsp3) is 0.188. The van der Waals surface area contributed by atoms with E-state index in [-0.39, 0.29) is 16.2 Å². The predicted octanol–water partition coefficient (Wildman–Crippen LogP) is 2.13. The molecule has 0 aromatic heterocycles. The number of rotatable bonds is 5. The van der Waals surface area contributed by atoms with E-state index in [1.807, 2.05) is 0 Å². The minimum atomic E-state index is -3.94. The van der Waals surface area contributed by atoms with Crippen LogP contribution in [0.2, 0.25) is 0 Å². The van der Waals surface area contributed by atoms with Crippen LogP contribution in [0.4, 0.5) is 5.69 Å². The number of aromatic carboxylic acids is 1. The molecular formula is C16H15NO6S. The molecule has 0 bridgehead atoms. The Morgan fingerprint density at radius 2 is 2.08 bits per heavy atom. The van der Waals surface area contributed by atoms with Crippen LogP contribution in [-0.2, 0) is 16.4 Å². The van der Waals surface area contributed by atoms with Crippen molar-refractivity contribution >= 4 is 21.7 Å². The number of hydrogen-bond donors (Lipinski definition) is 2. The molecule has 2 aromatic carbocycles. The van der Waals surface area contributed by atoms with Gasteiger partial charge in [0.25, 0.3) is 10.0 Å². The summed E-state index contributed by atoms with van der Waals surface area (Å²) in [6.45, 7) is 0.500. The number of benzene rings is 2. The fourth-order valence-corrected chi connectivity index (χ4v) is 3.66. The first-order valence-corrected chi connectivity index (χ1v) is 8.59. The summed E-state index contributed by atoms with van der Waals surface area (Å²) in [6, 6.07) is 8.80. The first kappa shape index (κ1) is 16.1. The molecule has 2 N–H and O–H groups in total. The van der Waals surface area contributed by atoms with Gasteiger partial charge in [0.15, 0.2) is 0 Å². The lowest BCUT2D eigenvalue weighted by molar-refractivity contribution is 0.0693. The van der Waals surface area contributed by atoms with Crippen molar-refractivity contribution in [1.82, 2.24) is 0 Å². The van der Waals surface area contributed by atoms with Gasteiger partial charge >= 0.3 is 5.97 Å². The maximum Gasteiger partial charge on any atom is 0.339 e. The molecule has 24 heavy (non-hydrogen) atoms. The smallest absolute Gasteiger partial charge is 0.339 e. The number of carbonyl (C=O) groups is 1. The summed E-state index contributed by atoms with van der Waals surface area (Å²) in [5.41, 5.74) is 0.993. The van der Waals surface area contributed by atoms with Gasteiger partial charge in [0, 0.05) is 12.0 Å². The Bertz CT molecular complexity index is 907. The normalized spacial score (nSPS) is 13.0. The van der Waals surface area contributed by atoms with Gasteiger partial charge in [-0.25, -0.2) is 13.2 Å². The van der Waals surface area contributed by atoms with Crippen LogP contribution in [0.25, 0.3) is 0 Å². The van der Waals surface area contributed by atoms with Gasteiger partial charge in [-0.1, -0.05) is 6.07 Å². The predicted molar refractivity (Wildman–Crippen MR) is 86.4 cm³/mol. The summed E-state index contributed by atoms with van der Waals surface area (Å²) in [5.74, 6) is -0.524. The summed E-state index contributed by atoms with van der Waals surface area (Å²) < 4.78 is 38.0. The van der Waals surface area contributed by atoms with Crippen molar-refractivity contribution < 1.29 is 27.8 Å². The van der Waals surface area contributed by atoms with E-state index in [0.717, 1.165) is 11.6 Å². The molecule has 0 saturated heterocycles. The lowest BCUT2D eigenvalue weighted by Crippen LogP contribution is -2.15. The minimum absolute atomic E-state index is 0.0930. The SMILES string of the molecule is COc1ccc(S(=O)(=O)Nc2cccc3c2CCO3)cc1C(=O)O. The van der Waals surface area contributed by atoms with E-state index >= 15 is 0 Å². The van der Waals surface area contributed by atoms with Crippen molar-refractivity contribution in [2.24, 2.45) is 0 Å². The molecule has 0 aliphatic carbocycles. The van der Waals surface area contributed by atoms with Gasteiger partial charge in [0.1, 0.15) is 17.1 Å². The first-order valence-electron chi connectivity index (χ1n) is 7.11. The molecule has 8 heteroatoms. The number of carboxylic acid groups (broad SMARTS) is 1. The first-order chi connectivity index (χ1) is 11.4. The van der Waals surface area contributed by atoms with E-state index in [2.05, 4.69) is 4.72 Å². The molecule has 0 saturated carbocycles. The third-order valence-corrected chi connectivity index (χ3v) is 5.06. The summed E-state index contributed by atoms with van der Waals surface area (Å²) >= 11 is 0. The number of sulfonamides is 1. The van der Waals surface area contributed by atoms with E-state index < -0.39 is 16.0 Å². The van der Waals surface area contributed by atoms with Crippen LogP contribution in [0, 0.1) is 0 Å². The van der Waals surface area contributed by atoms with Gasteiger partial charge in [-0.15, -0.1) is 0 Å². The zero-order chi connectivity index (χ0) is 17.3. The lowest BCUT2D eigenvalue weighted by Gasteiger charge is -2.12. The molecule has 7 nitrogen and oxygen atoms in total. The zero-order valence-corrected chi connectivity index (χ0v) is 13.6. The van der Waals surface area contributed by atoms with Crippen LogP contribution in [0.1, 0.15) is 15.9 Å². The number of carboxylic acids is 1. The summed E-state index contributed by atoms with van der Waals surface area (Å²) in [7, 11) is -2.62. The second-order valence-electron chi connectivity index (χ2n) is 5.15. The largest absolute Gasteiger partial charge is 0.496 e. The standard InChI is InChI=1S/C16H15NO6S/c1-22-14-6-5-10(9-12(14)16(18)19)24(20,21)17-13-3-2-4-15-11(13)7-8-23-15/h2-6,9,17H,7-8H2,1H3,(H,18,19). The molecule has 126 valence electrons. The highest BCUT2D eigenvalue weighted by Gasteiger charge is 2.23. The van der Waals surface area contributed by atoms with Crippen LogP contribution in [0.5, 0.6) is 11.5 Å². The molecule has 1 aliphatic rings. The summed E-state index contributed by atoms with van der Waals surface area (Å²) in [6.07, 6.45) is 0.608. The highest BCUT2D eigenvalue weighted by atomic mass is 32.2. The van der Waals surface area contributed by atoms with Gasteiger partial charge in [-0.05, 0) is 30.3 Å². The quantitative estimate of drug-likeness (QED) is 0.857. The molecule has 3 rings (SSSR count). The van der Waals surface area contributed by atoms with Crippen LogP contribution < -0.4 is 14.2 Å². The number of ether oxygens (including phenoxy) is 2. The number of nitrogens with one attached hydrogen (secondary N) is 1. The van der Waals surface area contributed by atoms with Crippen LogP contribution in [0.3, 0.4) is 0 Å². The topological polar surface area (TPSA) is 102 Å². The number of methoxy groups -OCH3 is 1. The third kappa shape index (κ3) is 2.88. The minimum Gasteiger partial charge on any atom is -0.496 e. The molecule has 0 radical (unpaired) electrons. The molecule has 0 spiro atoms. The average molecular weight is 349 g/mol. The Kier molecular flexibility index (Phi) is 4.06. The maximum absolute atomic E-state index is 12.6. The maximum atomic E-state index is 12.6. The monoisotopic (exact) mass is 349 g/mol. The molecule has 0 unspecified atom stereocenters. The molecule has 0 atom stereocenters. The lowest BCUT2D eigenvalue weighted by atomic mass is 10.1. The fourth-order valence-electron chi connectivity index (χ4n) is 2.54. The molecule has 0 fully saturated rings. The van der Waals surface area contributed by atoms with Crippen LogP contribution in [0.15, 0.2) is 41.3 Å². The second-order valence-corrected chi connectivity index (χ2v) is 6.84. The second kappa shape index (κ2) is 6.04. The molecule has 1 aliphatic heterocycles. The Hall–Kier alpha value is -2.74.